The van der Waals surface area contributed by atoms with E-state index in [2.05, 4.69) is 5.48 Å². The summed E-state index contributed by atoms with van der Waals surface area (Å²) in [5.41, 5.74) is 5.23. The van der Waals surface area contributed by atoms with Crippen LogP contribution in [-0.2, 0) is 4.84 Å². The van der Waals surface area contributed by atoms with Crippen LogP contribution in [0.3, 0.4) is 0 Å². The molecular formula is C13H19NO2. The van der Waals surface area contributed by atoms with Crippen molar-refractivity contribution in [1.82, 2.24) is 5.48 Å². The van der Waals surface area contributed by atoms with Crippen molar-refractivity contribution in [2.24, 2.45) is 5.92 Å². The third-order valence-corrected chi connectivity index (χ3v) is 2.43. The van der Waals surface area contributed by atoms with Gasteiger partial charge in [0, 0.05) is 5.56 Å². The Bertz CT molecular complexity index is 372. The van der Waals surface area contributed by atoms with Crippen molar-refractivity contribution < 1.29 is 9.63 Å². The van der Waals surface area contributed by atoms with E-state index in [1.54, 1.807) is 6.07 Å². The standard InChI is InChI=1S/C13H19NO2/c1-9(2)8-16-14-13(15)12-7-5-6-10(3)11(12)4/h5-7,9H,8H2,1-4H3,(H,14,15). The van der Waals surface area contributed by atoms with Gasteiger partial charge in [0.25, 0.3) is 5.91 Å². The minimum absolute atomic E-state index is 0.179. The second-order valence-corrected chi connectivity index (χ2v) is 4.38. The van der Waals surface area contributed by atoms with Crippen LogP contribution in [0, 0.1) is 19.8 Å². The van der Waals surface area contributed by atoms with Gasteiger partial charge in [0.1, 0.15) is 0 Å². The van der Waals surface area contributed by atoms with Crippen LogP contribution in [0.2, 0.25) is 0 Å². The highest BCUT2D eigenvalue weighted by Crippen LogP contribution is 2.12. The number of carbonyl (C=O) groups is 1. The molecular weight excluding hydrogens is 202 g/mol. The third-order valence-electron chi connectivity index (χ3n) is 2.43. The largest absolute Gasteiger partial charge is 0.275 e. The van der Waals surface area contributed by atoms with Crippen molar-refractivity contribution in [3.8, 4) is 0 Å². The number of benzene rings is 1. The normalized spacial score (nSPS) is 10.6. The number of aryl methyl sites for hydroxylation is 1. The van der Waals surface area contributed by atoms with E-state index in [4.69, 9.17) is 4.84 Å². The molecule has 0 bridgehead atoms. The molecule has 0 saturated heterocycles. The molecule has 1 amide bonds. The number of hydrogen-bond donors (Lipinski definition) is 1. The summed E-state index contributed by atoms with van der Waals surface area (Å²) in [5.74, 6) is 0.223. The SMILES string of the molecule is Cc1cccc(C(=O)NOCC(C)C)c1C. The molecule has 0 unspecified atom stereocenters. The minimum atomic E-state index is -0.179. The number of hydrogen-bond acceptors (Lipinski definition) is 2. The fourth-order valence-corrected chi connectivity index (χ4v) is 1.33. The summed E-state index contributed by atoms with van der Waals surface area (Å²) < 4.78 is 0. The summed E-state index contributed by atoms with van der Waals surface area (Å²) in [5, 5.41) is 0. The molecule has 16 heavy (non-hydrogen) atoms. The first-order chi connectivity index (χ1) is 7.52. The molecule has 0 atom stereocenters. The molecule has 0 spiro atoms. The summed E-state index contributed by atoms with van der Waals surface area (Å²) in [6, 6.07) is 5.66. The van der Waals surface area contributed by atoms with Crippen LogP contribution in [0.4, 0.5) is 0 Å². The van der Waals surface area contributed by atoms with Crippen molar-refractivity contribution in [1.29, 1.82) is 0 Å². The first-order valence-electron chi connectivity index (χ1n) is 5.50. The lowest BCUT2D eigenvalue weighted by Crippen LogP contribution is -2.26. The Morgan fingerprint density at radius 1 is 1.38 bits per heavy atom. The van der Waals surface area contributed by atoms with Gasteiger partial charge >= 0.3 is 0 Å². The van der Waals surface area contributed by atoms with Gasteiger partial charge in [-0.1, -0.05) is 26.0 Å². The maximum absolute atomic E-state index is 11.8. The summed E-state index contributed by atoms with van der Waals surface area (Å²) in [4.78, 5) is 16.9. The first-order valence-corrected chi connectivity index (χ1v) is 5.50. The molecule has 1 aromatic rings. The van der Waals surface area contributed by atoms with E-state index in [1.807, 2.05) is 39.8 Å². The van der Waals surface area contributed by atoms with Gasteiger partial charge in [0.15, 0.2) is 0 Å². The van der Waals surface area contributed by atoms with Crippen LogP contribution in [0.5, 0.6) is 0 Å². The molecule has 88 valence electrons. The molecule has 0 saturated carbocycles. The zero-order valence-electron chi connectivity index (χ0n) is 10.3. The Labute approximate surface area is 96.8 Å². The fraction of sp³-hybridized carbons (Fsp3) is 0.462. The molecule has 0 aromatic heterocycles. The lowest BCUT2D eigenvalue weighted by atomic mass is 10.0. The van der Waals surface area contributed by atoms with Crippen LogP contribution in [-0.4, -0.2) is 12.5 Å². The highest BCUT2D eigenvalue weighted by Gasteiger charge is 2.09. The van der Waals surface area contributed by atoms with Crippen LogP contribution < -0.4 is 5.48 Å². The lowest BCUT2D eigenvalue weighted by molar-refractivity contribution is 0.0208. The van der Waals surface area contributed by atoms with E-state index in [-0.39, 0.29) is 5.91 Å². The van der Waals surface area contributed by atoms with E-state index in [1.165, 1.54) is 0 Å². The zero-order chi connectivity index (χ0) is 12.1. The number of carbonyl (C=O) groups excluding carboxylic acids is 1. The van der Waals surface area contributed by atoms with Crippen LogP contribution in [0.15, 0.2) is 18.2 Å². The Kier molecular flexibility index (Phi) is 4.50. The molecule has 3 heteroatoms. The van der Waals surface area contributed by atoms with E-state index in [9.17, 15) is 4.79 Å². The van der Waals surface area contributed by atoms with E-state index in [0.717, 1.165) is 11.1 Å². The molecule has 1 N–H and O–H groups in total. The quantitative estimate of drug-likeness (QED) is 0.794. The first kappa shape index (κ1) is 12.7. The number of hydroxylamine groups is 1. The van der Waals surface area contributed by atoms with Crippen molar-refractivity contribution in [2.75, 3.05) is 6.61 Å². The van der Waals surface area contributed by atoms with Gasteiger partial charge in [-0.3, -0.25) is 9.63 Å². The minimum Gasteiger partial charge on any atom is -0.273 e. The Hall–Kier alpha value is -1.35. The Morgan fingerprint density at radius 2 is 2.06 bits per heavy atom. The average Bonchev–Trinajstić information content (AvgIpc) is 2.21. The summed E-state index contributed by atoms with van der Waals surface area (Å²) in [6.45, 7) is 8.51. The molecule has 0 aliphatic rings. The average molecular weight is 221 g/mol. The van der Waals surface area contributed by atoms with Crippen molar-refractivity contribution >= 4 is 5.91 Å². The van der Waals surface area contributed by atoms with E-state index in [0.29, 0.717) is 18.1 Å². The monoisotopic (exact) mass is 221 g/mol. The van der Waals surface area contributed by atoms with Gasteiger partial charge in [-0.2, -0.15) is 0 Å². The Balaban J connectivity index is 2.63. The molecule has 0 fully saturated rings. The summed E-state index contributed by atoms with van der Waals surface area (Å²) >= 11 is 0. The van der Waals surface area contributed by atoms with Gasteiger partial charge in [-0.05, 0) is 37.0 Å². The topological polar surface area (TPSA) is 38.3 Å². The lowest BCUT2D eigenvalue weighted by Gasteiger charge is -2.10. The van der Waals surface area contributed by atoms with Crippen LogP contribution in [0.25, 0.3) is 0 Å². The van der Waals surface area contributed by atoms with Crippen molar-refractivity contribution in [3.63, 3.8) is 0 Å². The second kappa shape index (κ2) is 5.66. The van der Waals surface area contributed by atoms with Crippen LogP contribution >= 0.6 is 0 Å². The van der Waals surface area contributed by atoms with Crippen molar-refractivity contribution in [2.45, 2.75) is 27.7 Å². The van der Waals surface area contributed by atoms with Gasteiger partial charge in [-0.15, -0.1) is 0 Å². The maximum atomic E-state index is 11.8. The van der Waals surface area contributed by atoms with E-state index >= 15 is 0 Å². The number of nitrogens with one attached hydrogen (secondary N) is 1. The van der Waals surface area contributed by atoms with E-state index < -0.39 is 0 Å². The molecule has 0 aliphatic heterocycles. The van der Waals surface area contributed by atoms with Gasteiger partial charge in [0.2, 0.25) is 0 Å². The fourth-order valence-electron chi connectivity index (χ4n) is 1.33. The predicted molar refractivity (Wildman–Crippen MR) is 64.2 cm³/mol. The highest BCUT2D eigenvalue weighted by molar-refractivity contribution is 5.95. The smallest absolute Gasteiger partial charge is 0.273 e. The third kappa shape index (κ3) is 3.35. The predicted octanol–water partition coefficient (Wildman–Crippen LogP) is 2.62. The zero-order valence-corrected chi connectivity index (χ0v) is 10.3. The number of rotatable bonds is 4. The number of amides is 1. The summed E-state index contributed by atoms with van der Waals surface area (Å²) in [7, 11) is 0. The molecule has 0 aliphatic carbocycles. The molecule has 0 radical (unpaired) electrons. The molecule has 1 rings (SSSR count). The molecule has 3 nitrogen and oxygen atoms in total. The molecule has 0 heterocycles. The van der Waals surface area contributed by atoms with Crippen molar-refractivity contribution in [3.05, 3.63) is 34.9 Å². The van der Waals surface area contributed by atoms with Gasteiger partial charge in [0.05, 0.1) is 6.61 Å². The van der Waals surface area contributed by atoms with Crippen LogP contribution in [0.1, 0.15) is 35.3 Å². The highest BCUT2D eigenvalue weighted by atomic mass is 16.6. The van der Waals surface area contributed by atoms with Gasteiger partial charge in [-0.25, -0.2) is 5.48 Å². The second-order valence-electron chi connectivity index (χ2n) is 4.38. The Morgan fingerprint density at radius 3 is 2.69 bits per heavy atom. The summed E-state index contributed by atoms with van der Waals surface area (Å²) in [6.07, 6.45) is 0. The maximum Gasteiger partial charge on any atom is 0.275 e. The van der Waals surface area contributed by atoms with Gasteiger partial charge < -0.3 is 0 Å². The molecule has 1 aromatic carbocycles.